The number of hydrogen-bond acceptors (Lipinski definition) is 4. The SMILES string of the molecule is CC1(CNc2ccnc(C(N)=O)c2)CCNCC1. The molecule has 1 aromatic heterocycles. The van der Waals surface area contributed by atoms with Gasteiger partial charge in [0.05, 0.1) is 0 Å². The Balaban J connectivity index is 1.97. The fourth-order valence-electron chi connectivity index (χ4n) is 2.20. The van der Waals surface area contributed by atoms with Crippen LogP contribution in [0.3, 0.4) is 0 Å². The van der Waals surface area contributed by atoms with Crippen LogP contribution in [0.4, 0.5) is 5.69 Å². The average molecular weight is 248 g/mol. The number of rotatable bonds is 4. The highest BCUT2D eigenvalue weighted by Gasteiger charge is 2.26. The van der Waals surface area contributed by atoms with Gasteiger partial charge in [0.1, 0.15) is 5.69 Å². The van der Waals surface area contributed by atoms with E-state index in [0.29, 0.717) is 11.1 Å². The van der Waals surface area contributed by atoms with Crippen LogP contribution in [-0.2, 0) is 0 Å². The Kier molecular flexibility index (Phi) is 3.81. The van der Waals surface area contributed by atoms with Crippen molar-refractivity contribution in [2.45, 2.75) is 19.8 Å². The van der Waals surface area contributed by atoms with Gasteiger partial charge in [0, 0.05) is 18.4 Å². The summed E-state index contributed by atoms with van der Waals surface area (Å²) in [5.41, 5.74) is 6.72. The Bertz CT molecular complexity index is 427. The zero-order valence-corrected chi connectivity index (χ0v) is 10.7. The van der Waals surface area contributed by atoms with Crippen molar-refractivity contribution in [3.8, 4) is 0 Å². The molecule has 1 fully saturated rings. The molecule has 0 unspecified atom stereocenters. The summed E-state index contributed by atoms with van der Waals surface area (Å²) in [5, 5.41) is 6.74. The van der Waals surface area contributed by atoms with E-state index in [4.69, 9.17) is 5.73 Å². The normalized spacial score (nSPS) is 18.3. The molecule has 1 saturated heterocycles. The molecule has 1 aliphatic heterocycles. The Labute approximate surface area is 107 Å². The molecule has 1 amide bonds. The molecule has 18 heavy (non-hydrogen) atoms. The van der Waals surface area contributed by atoms with E-state index < -0.39 is 5.91 Å². The lowest BCUT2D eigenvalue weighted by Gasteiger charge is -2.34. The van der Waals surface area contributed by atoms with Gasteiger partial charge in [0.15, 0.2) is 0 Å². The predicted molar refractivity (Wildman–Crippen MR) is 71.5 cm³/mol. The number of amides is 1. The number of piperidine rings is 1. The van der Waals surface area contributed by atoms with E-state index in [2.05, 4.69) is 22.5 Å². The van der Waals surface area contributed by atoms with Crippen molar-refractivity contribution in [2.75, 3.05) is 25.0 Å². The van der Waals surface area contributed by atoms with Crippen LogP contribution in [0, 0.1) is 5.41 Å². The maximum Gasteiger partial charge on any atom is 0.267 e. The number of carbonyl (C=O) groups excluding carboxylic acids is 1. The largest absolute Gasteiger partial charge is 0.384 e. The molecule has 5 nitrogen and oxygen atoms in total. The van der Waals surface area contributed by atoms with Gasteiger partial charge in [0.2, 0.25) is 0 Å². The van der Waals surface area contributed by atoms with Crippen molar-refractivity contribution in [2.24, 2.45) is 11.1 Å². The van der Waals surface area contributed by atoms with E-state index in [9.17, 15) is 4.79 Å². The molecule has 2 rings (SSSR count). The summed E-state index contributed by atoms with van der Waals surface area (Å²) < 4.78 is 0. The number of carbonyl (C=O) groups is 1. The number of nitrogens with one attached hydrogen (secondary N) is 2. The van der Waals surface area contributed by atoms with Gasteiger partial charge < -0.3 is 16.4 Å². The van der Waals surface area contributed by atoms with Crippen LogP contribution in [0.25, 0.3) is 0 Å². The topological polar surface area (TPSA) is 80.0 Å². The first-order chi connectivity index (χ1) is 8.59. The lowest BCUT2D eigenvalue weighted by atomic mass is 9.81. The zero-order chi connectivity index (χ0) is 13.0. The van der Waals surface area contributed by atoms with Gasteiger partial charge in [-0.2, -0.15) is 0 Å². The van der Waals surface area contributed by atoms with E-state index in [1.165, 1.54) is 0 Å². The molecule has 0 radical (unpaired) electrons. The molecule has 0 aliphatic carbocycles. The van der Waals surface area contributed by atoms with Crippen LogP contribution in [0.2, 0.25) is 0 Å². The van der Waals surface area contributed by atoms with Gasteiger partial charge in [-0.1, -0.05) is 6.92 Å². The summed E-state index contributed by atoms with van der Waals surface area (Å²) in [5.74, 6) is -0.494. The van der Waals surface area contributed by atoms with E-state index in [1.807, 2.05) is 6.07 Å². The van der Waals surface area contributed by atoms with Gasteiger partial charge in [-0.3, -0.25) is 9.78 Å². The summed E-state index contributed by atoms with van der Waals surface area (Å²) in [6.45, 7) is 5.33. The van der Waals surface area contributed by atoms with Crippen LogP contribution in [0.15, 0.2) is 18.3 Å². The van der Waals surface area contributed by atoms with E-state index >= 15 is 0 Å². The lowest BCUT2D eigenvalue weighted by Crippen LogP contribution is -2.39. The Hall–Kier alpha value is -1.62. The van der Waals surface area contributed by atoms with Gasteiger partial charge in [-0.15, -0.1) is 0 Å². The molecule has 1 aromatic rings. The molecule has 5 heteroatoms. The maximum atomic E-state index is 11.0. The summed E-state index contributed by atoms with van der Waals surface area (Å²) in [4.78, 5) is 15.0. The number of pyridine rings is 1. The highest BCUT2D eigenvalue weighted by atomic mass is 16.1. The molecule has 4 N–H and O–H groups in total. The third-order valence-electron chi connectivity index (χ3n) is 3.54. The van der Waals surface area contributed by atoms with Crippen LogP contribution in [0.1, 0.15) is 30.3 Å². The monoisotopic (exact) mass is 248 g/mol. The number of hydrogen-bond donors (Lipinski definition) is 3. The van der Waals surface area contributed by atoms with Crippen molar-refractivity contribution >= 4 is 11.6 Å². The van der Waals surface area contributed by atoms with Crippen LogP contribution in [-0.4, -0.2) is 30.5 Å². The first-order valence-corrected chi connectivity index (χ1v) is 6.30. The molecule has 1 aliphatic rings. The van der Waals surface area contributed by atoms with Gasteiger partial charge in [-0.25, -0.2) is 0 Å². The second-order valence-corrected chi connectivity index (χ2v) is 5.21. The van der Waals surface area contributed by atoms with Gasteiger partial charge in [0.25, 0.3) is 5.91 Å². The average Bonchev–Trinajstić information content (AvgIpc) is 2.38. The first-order valence-electron chi connectivity index (χ1n) is 6.30. The maximum absolute atomic E-state index is 11.0. The quantitative estimate of drug-likeness (QED) is 0.742. The van der Waals surface area contributed by atoms with Crippen molar-refractivity contribution in [3.63, 3.8) is 0 Å². The number of primary amides is 1. The van der Waals surface area contributed by atoms with Crippen molar-refractivity contribution in [1.29, 1.82) is 0 Å². The molecule has 2 heterocycles. The molecule has 0 saturated carbocycles. The zero-order valence-electron chi connectivity index (χ0n) is 10.7. The Morgan fingerprint density at radius 3 is 2.94 bits per heavy atom. The lowest BCUT2D eigenvalue weighted by molar-refractivity contribution is 0.0995. The smallest absolute Gasteiger partial charge is 0.267 e. The fourth-order valence-corrected chi connectivity index (χ4v) is 2.20. The Morgan fingerprint density at radius 2 is 2.28 bits per heavy atom. The van der Waals surface area contributed by atoms with E-state index in [-0.39, 0.29) is 0 Å². The first kappa shape index (κ1) is 12.8. The van der Waals surface area contributed by atoms with Crippen molar-refractivity contribution in [3.05, 3.63) is 24.0 Å². The second-order valence-electron chi connectivity index (χ2n) is 5.21. The number of nitrogens with two attached hydrogens (primary N) is 1. The van der Waals surface area contributed by atoms with Crippen LogP contribution in [0.5, 0.6) is 0 Å². The third kappa shape index (κ3) is 3.20. The van der Waals surface area contributed by atoms with Crippen molar-refractivity contribution < 1.29 is 4.79 Å². The molecule has 0 spiro atoms. The summed E-state index contributed by atoms with van der Waals surface area (Å²) in [6.07, 6.45) is 3.93. The Morgan fingerprint density at radius 1 is 1.56 bits per heavy atom. The fraction of sp³-hybridized carbons (Fsp3) is 0.538. The highest BCUT2D eigenvalue weighted by Crippen LogP contribution is 2.28. The standard InChI is InChI=1S/C13H20N4O/c1-13(3-6-15-7-4-13)9-17-10-2-5-16-11(8-10)12(14)18/h2,5,8,15H,3-4,6-7,9H2,1H3,(H2,14,18)(H,16,17). The minimum atomic E-state index is -0.494. The van der Waals surface area contributed by atoms with Gasteiger partial charge in [-0.05, 0) is 43.5 Å². The van der Waals surface area contributed by atoms with E-state index in [0.717, 1.165) is 38.2 Å². The van der Waals surface area contributed by atoms with Crippen LogP contribution >= 0.6 is 0 Å². The van der Waals surface area contributed by atoms with Crippen LogP contribution < -0.4 is 16.4 Å². The molecule has 98 valence electrons. The number of anilines is 1. The molecule has 0 atom stereocenters. The van der Waals surface area contributed by atoms with Crippen molar-refractivity contribution in [1.82, 2.24) is 10.3 Å². The van der Waals surface area contributed by atoms with E-state index in [1.54, 1.807) is 12.3 Å². The molecule has 0 aromatic carbocycles. The summed E-state index contributed by atoms with van der Waals surface area (Å²) in [6, 6.07) is 3.56. The number of nitrogens with zero attached hydrogens (tertiary/aromatic N) is 1. The third-order valence-corrected chi connectivity index (χ3v) is 3.54. The second kappa shape index (κ2) is 5.35. The van der Waals surface area contributed by atoms with Gasteiger partial charge >= 0.3 is 0 Å². The highest BCUT2D eigenvalue weighted by molar-refractivity contribution is 5.91. The minimum Gasteiger partial charge on any atom is -0.384 e. The predicted octanol–water partition coefficient (Wildman–Crippen LogP) is 0.982. The number of aromatic nitrogens is 1. The molecular formula is C13H20N4O. The molecule has 0 bridgehead atoms. The summed E-state index contributed by atoms with van der Waals surface area (Å²) in [7, 11) is 0. The molecular weight excluding hydrogens is 228 g/mol. The summed E-state index contributed by atoms with van der Waals surface area (Å²) >= 11 is 0. The minimum absolute atomic E-state index is 0.301.